The topological polar surface area (TPSA) is 84.0 Å². The molecule has 0 amide bonds. The molecule has 9 heteroatoms. The van der Waals surface area contributed by atoms with Crippen LogP contribution >= 0.6 is 15.9 Å². The summed E-state index contributed by atoms with van der Waals surface area (Å²) >= 11 is 3.39. The van der Waals surface area contributed by atoms with Crippen LogP contribution in [0, 0.1) is 0 Å². The van der Waals surface area contributed by atoms with Gasteiger partial charge in [-0.25, -0.2) is 18.4 Å². The standard InChI is InChI=1S/C20H14BBrN4O2S/c21-13-5-11-16(12-6-13)29(27,28)26-20-19(23-15-9-7-14(22)8-10-15)24-17-3-1-2-4-18(17)25-20/h1-12H,(H,23,24)(H,25,26). The summed E-state index contributed by atoms with van der Waals surface area (Å²) in [6.45, 7) is 0. The Balaban J connectivity index is 1.77. The lowest BCUT2D eigenvalue weighted by Gasteiger charge is -2.14. The second kappa shape index (κ2) is 7.84. The van der Waals surface area contributed by atoms with Crippen LogP contribution in [0.1, 0.15) is 0 Å². The lowest BCUT2D eigenvalue weighted by molar-refractivity contribution is 0.601. The van der Waals surface area contributed by atoms with Crippen molar-refractivity contribution in [1.82, 2.24) is 9.97 Å². The van der Waals surface area contributed by atoms with Crippen LogP contribution in [-0.2, 0) is 10.0 Å². The molecule has 0 bridgehead atoms. The summed E-state index contributed by atoms with van der Waals surface area (Å²) < 4.78 is 29.1. The summed E-state index contributed by atoms with van der Waals surface area (Å²) in [4.78, 5) is 9.10. The predicted molar refractivity (Wildman–Crippen MR) is 120 cm³/mol. The number of hydrogen-bond acceptors (Lipinski definition) is 5. The fourth-order valence-corrected chi connectivity index (χ4v) is 3.93. The van der Waals surface area contributed by atoms with Crippen LogP contribution in [-0.4, -0.2) is 26.2 Å². The molecule has 4 rings (SSSR count). The molecule has 0 aliphatic heterocycles. The number of anilines is 3. The molecule has 4 aromatic rings. The van der Waals surface area contributed by atoms with Crippen molar-refractivity contribution in [3.63, 3.8) is 0 Å². The first-order chi connectivity index (χ1) is 13.9. The number of fused-ring (bicyclic) bond motifs is 1. The smallest absolute Gasteiger partial charge is 0.263 e. The number of rotatable bonds is 5. The Morgan fingerprint density at radius 2 is 1.38 bits per heavy atom. The molecule has 29 heavy (non-hydrogen) atoms. The number of para-hydroxylation sites is 2. The molecule has 0 atom stereocenters. The van der Waals surface area contributed by atoms with Gasteiger partial charge in [0.05, 0.1) is 15.9 Å². The van der Waals surface area contributed by atoms with Gasteiger partial charge in [0.25, 0.3) is 10.0 Å². The van der Waals surface area contributed by atoms with E-state index in [0.717, 1.165) is 10.2 Å². The fraction of sp³-hybridized carbons (Fsp3) is 0. The van der Waals surface area contributed by atoms with Gasteiger partial charge in [0.2, 0.25) is 0 Å². The van der Waals surface area contributed by atoms with Crippen molar-refractivity contribution < 1.29 is 8.42 Å². The molecule has 2 N–H and O–H groups in total. The van der Waals surface area contributed by atoms with Gasteiger partial charge in [-0.1, -0.05) is 45.7 Å². The highest BCUT2D eigenvalue weighted by atomic mass is 79.9. The number of aromatic nitrogens is 2. The minimum absolute atomic E-state index is 0.0799. The second-order valence-corrected chi connectivity index (χ2v) is 8.81. The Kier molecular flexibility index (Phi) is 5.25. The second-order valence-electron chi connectivity index (χ2n) is 6.22. The predicted octanol–water partition coefficient (Wildman–Crippen LogP) is 3.73. The van der Waals surface area contributed by atoms with Crippen LogP contribution < -0.4 is 15.5 Å². The molecule has 1 aromatic heterocycles. The van der Waals surface area contributed by atoms with E-state index in [1.165, 1.54) is 24.3 Å². The van der Waals surface area contributed by atoms with Crippen molar-refractivity contribution in [2.45, 2.75) is 4.90 Å². The summed E-state index contributed by atoms with van der Waals surface area (Å²) in [6.07, 6.45) is 0. The van der Waals surface area contributed by atoms with E-state index >= 15 is 0 Å². The molecule has 142 valence electrons. The van der Waals surface area contributed by atoms with E-state index in [1.807, 2.05) is 42.5 Å². The molecule has 1 heterocycles. The molecule has 6 nitrogen and oxygen atoms in total. The summed E-state index contributed by atoms with van der Waals surface area (Å²) in [5, 5.41) is 3.13. The third-order valence-corrected chi connectivity index (χ3v) is 5.98. The Bertz CT molecular complexity index is 1280. The van der Waals surface area contributed by atoms with Crippen molar-refractivity contribution in [2.75, 3.05) is 10.0 Å². The van der Waals surface area contributed by atoms with Crippen LogP contribution in [0.2, 0.25) is 0 Å². The van der Waals surface area contributed by atoms with Crippen LogP contribution in [0.4, 0.5) is 17.3 Å². The SMILES string of the molecule is [B]c1ccc(S(=O)(=O)Nc2nc3ccccc3nc2Nc2ccc(Br)cc2)cc1. The number of sulfonamides is 1. The summed E-state index contributed by atoms with van der Waals surface area (Å²) in [7, 11) is 1.78. The Labute approximate surface area is 178 Å². The van der Waals surface area contributed by atoms with Crippen LogP contribution in [0.15, 0.2) is 82.2 Å². The van der Waals surface area contributed by atoms with Gasteiger partial charge in [-0.2, -0.15) is 0 Å². The highest BCUT2D eigenvalue weighted by Crippen LogP contribution is 2.27. The molecule has 2 radical (unpaired) electrons. The first-order valence-corrected chi connectivity index (χ1v) is 10.9. The summed E-state index contributed by atoms with van der Waals surface area (Å²) in [5.74, 6) is 0.397. The van der Waals surface area contributed by atoms with Gasteiger partial charge >= 0.3 is 0 Å². The molecule has 0 fully saturated rings. The van der Waals surface area contributed by atoms with Crippen LogP contribution in [0.3, 0.4) is 0 Å². The van der Waals surface area contributed by atoms with Gasteiger partial charge in [-0.05, 0) is 48.5 Å². The molecule has 3 aromatic carbocycles. The lowest BCUT2D eigenvalue weighted by atomic mass is 9.97. The normalized spacial score (nSPS) is 11.3. The molecule has 0 unspecified atom stereocenters. The number of halogens is 1. The van der Waals surface area contributed by atoms with E-state index < -0.39 is 10.0 Å². The maximum atomic E-state index is 12.8. The number of nitrogens with zero attached hydrogens (tertiary/aromatic N) is 2. The zero-order valence-electron chi connectivity index (χ0n) is 15.0. The van der Waals surface area contributed by atoms with E-state index in [0.29, 0.717) is 22.3 Å². The van der Waals surface area contributed by atoms with E-state index in [9.17, 15) is 8.42 Å². The van der Waals surface area contributed by atoms with E-state index in [1.54, 1.807) is 6.07 Å². The van der Waals surface area contributed by atoms with Gasteiger partial charge in [0.1, 0.15) is 7.85 Å². The zero-order valence-corrected chi connectivity index (χ0v) is 17.4. The first kappa shape index (κ1) is 19.4. The molecule has 0 aliphatic rings. The maximum Gasteiger partial charge on any atom is 0.263 e. The number of benzene rings is 3. The average Bonchev–Trinajstić information content (AvgIpc) is 2.70. The van der Waals surface area contributed by atoms with Gasteiger partial charge in [0.15, 0.2) is 11.6 Å². The molecular formula is C20H14BBrN4O2S. The molecule has 0 spiro atoms. The monoisotopic (exact) mass is 464 g/mol. The van der Waals surface area contributed by atoms with Gasteiger partial charge in [-0.15, -0.1) is 0 Å². The first-order valence-electron chi connectivity index (χ1n) is 8.58. The highest BCUT2D eigenvalue weighted by molar-refractivity contribution is 9.10. The number of nitrogens with one attached hydrogen (secondary N) is 2. The van der Waals surface area contributed by atoms with Crippen LogP contribution in [0.5, 0.6) is 0 Å². The maximum absolute atomic E-state index is 12.8. The number of hydrogen-bond donors (Lipinski definition) is 2. The molecule has 0 saturated heterocycles. The minimum atomic E-state index is -3.88. The van der Waals surface area contributed by atoms with E-state index in [2.05, 4.69) is 35.9 Å². The summed E-state index contributed by atoms with van der Waals surface area (Å²) in [6, 6.07) is 20.6. The van der Waals surface area contributed by atoms with Gasteiger partial charge < -0.3 is 5.32 Å². The zero-order chi connectivity index (χ0) is 20.4. The Morgan fingerprint density at radius 1 is 0.793 bits per heavy atom. The molecule has 0 saturated carbocycles. The Hall–Kier alpha value is -2.91. The van der Waals surface area contributed by atoms with Gasteiger partial charge in [0, 0.05) is 10.2 Å². The minimum Gasteiger partial charge on any atom is -0.337 e. The van der Waals surface area contributed by atoms with Gasteiger partial charge in [-0.3, -0.25) is 4.72 Å². The molecular weight excluding hydrogens is 451 g/mol. The van der Waals surface area contributed by atoms with E-state index in [4.69, 9.17) is 7.85 Å². The highest BCUT2D eigenvalue weighted by Gasteiger charge is 2.19. The molecule has 0 aliphatic carbocycles. The van der Waals surface area contributed by atoms with Crippen molar-refractivity contribution in [3.8, 4) is 0 Å². The van der Waals surface area contributed by atoms with Crippen molar-refractivity contribution >= 4 is 67.6 Å². The Morgan fingerprint density at radius 3 is 2.00 bits per heavy atom. The van der Waals surface area contributed by atoms with Crippen molar-refractivity contribution in [3.05, 3.63) is 77.3 Å². The van der Waals surface area contributed by atoms with Crippen LogP contribution in [0.25, 0.3) is 11.0 Å². The lowest BCUT2D eigenvalue weighted by Crippen LogP contribution is -2.16. The quantitative estimate of drug-likeness (QED) is 0.439. The third kappa shape index (κ3) is 4.41. The average molecular weight is 465 g/mol. The largest absolute Gasteiger partial charge is 0.337 e. The van der Waals surface area contributed by atoms with E-state index in [-0.39, 0.29) is 10.7 Å². The fourth-order valence-electron chi connectivity index (χ4n) is 2.66. The third-order valence-electron chi connectivity index (χ3n) is 4.10. The van der Waals surface area contributed by atoms with Crippen molar-refractivity contribution in [2.24, 2.45) is 0 Å². The summed E-state index contributed by atoms with van der Waals surface area (Å²) in [5.41, 5.74) is 2.43. The van der Waals surface area contributed by atoms with Crippen molar-refractivity contribution in [1.29, 1.82) is 0 Å².